The van der Waals surface area contributed by atoms with Gasteiger partial charge in [-0.3, -0.25) is 0 Å². The van der Waals surface area contributed by atoms with Crippen LogP contribution in [0.15, 0.2) is 24.3 Å². The Kier molecular flexibility index (Phi) is 5.25. The van der Waals surface area contributed by atoms with Gasteiger partial charge in [0.2, 0.25) is 0 Å². The minimum absolute atomic E-state index is 0.364. The summed E-state index contributed by atoms with van der Waals surface area (Å²) >= 11 is 5.84. The van der Waals surface area contributed by atoms with E-state index in [1.54, 1.807) is 0 Å². The van der Waals surface area contributed by atoms with E-state index < -0.39 is 0 Å². The van der Waals surface area contributed by atoms with Gasteiger partial charge in [-0.05, 0) is 38.1 Å². The molecule has 80 valence electrons. The molecule has 0 aromatic heterocycles. The molecule has 0 aliphatic carbocycles. The van der Waals surface area contributed by atoms with Gasteiger partial charge in [0.25, 0.3) is 0 Å². The third-order valence-corrected chi connectivity index (χ3v) is 2.61. The van der Waals surface area contributed by atoms with Crippen LogP contribution in [0.2, 0.25) is 5.02 Å². The van der Waals surface area contributed by atoms with Crippen LogP contribution in [0.1, 0.15) is 31.4 Å². The third-order valence-electron chi connectivity index (χ3n) is 2.36. The van der Waals surface area contributed by atoms with Crippen molar-refractivity contribution in [3.63, 3.8) is 0 Å². The molecular formula is C13H16ClN. The predicted octanol–water partition coefficient (Wildman–Crippen LogP) is 3.40. The van der Waals surface area contributed by atoms with Crippen molar-refractivity contribution in [2.75, 3.05) is 7.05 Å². The predicted molar refractivity (Wildman–Crippen MR) is 65.9 cm³/mol. The Morgan fingerprint density at radius 3 is 2.53 bits per heavy atom. The van der Waals surface area contributed by atoms with Gasteiger partial charge in [-0.25, -0.2) is 0 Å². The van der Waals surface area contributed by atoms with Gasteiger partial charge < -0.3 is 5.32 Å². The second kappa shape index (κ2) is 6.50. The topological polar surface area (TPSA) is 12.0 Å². The van der Waals surface area contributed by atoms with Crippen molar-refractivity contribution in [3.8, 4) is 11.8 Å². The Morgan fingerprint density at radius 1 is 1.33 bits per heavy atom. The average Bonchev–Trinajstić information content (AvgIpc) is 2.26. The van der Waals surface area contributed by atoms with Crippen LogP contribution < -0.4 is 5.32 Å². The standard InChI is InChI=1S/C13H16ClN/c1-3-4-5-6-13(15-2)11-7-9-12(14)10-8-11/h7-10,13,15H,5-6H2,1-2H3. The van der Waals surface area contributed by atoms with Gasteiger partial charge in [-0.15, -0.1) is 11.8 Å². The SMILES string of the molecule is CC#CCCC(NC)c1ccc(Cl)cc1. The zero-order valence-corrected chi connectivity index (χ0v) is 9.93. The molecule has 0 aliphatic rings. The first-order chi connectivity index (χ1) is 7.27. The van der Waals surface area contributed by atoms with Crippen molar-refractivity contribution >= 4 is 11.6 Å². The van der Waals surface area contributed by atoms with Crippen LogP contribution in [0.25, 0.3) is 0 Å². The lowest BCUT2D eigenvalue weighted by molar-refractivity contribution is 0.558. The van der Waals surface area contributed by atoms with Gasteiger partial charge in [-0.2, -0.15) is 0 Å². The highest BCUT2D eigenvalue weighted by Gasteiger charge is 2.07. The van der Waals surface area contributed by atoms with E-state index in [0.717, 1.165) is 17.9 Å². The van der Waals surface area contributed by atoms with Crippen LogP contribution in [-0.4, -0.2) is 7.05 Å². The molecule has 15 heavy (non-hydrogen) atoms. The van der Waals surface area contributed by atoms with Gasteiger partial charge in [0.05, 0.1) is 0 Å². The monoisotopic (exact) mass is 221 g/mol. The highest BCUT2D eigenvalue weighted by atomic mass is 35.5. The molecule has 0 aliphatic heterocycles. The summed E-state index contributed by atoms with van der Waals surface area (Å²) in [4.78, 5) is 0. The summed E-state index contributed by atoms with van der Waals surface area (Å²) in [5.41, 5.74) is 1.26. The van der Waals surface area contributed by atoms with E-state index in [9.17, 15) is 0 Å². The van der Waals surface area contributed by atoms with Gasteiger partial charge in [0, 0.05) is 17.5 Å². The second-order valence-electron chi connectivity index (χ2n) is 3.36. The summed E-state index contributed by atoms with van der Waals surface area (Å²) < 4.78 is 0. The number of halogens is 1. The molecule has 0 saturated heterocycles. The zero-order valence-electron chi connectivity index (χ0n) is 9.18. The van der Waals surface area contributed by atoms with Crippen LogP contribution in [0.4, 0.5) is 0 Å². The summed E-state index contributed by atoms with van der Waals surface area (Å²) in [7, 11) is 1.97. The Balaban J connectivity index is 2.64. The maximum Gasteiger partial charge on any atom is 0.0406 e. The molecule has 0 spiro atoms. The summed E-state index contributed by atoms with van der Waals surface area (Å²) in [5, 5.41) is 4.07. The van der Waals surface area contributed by atoms with Crippen LogP contribution in [0, 0.1) is 11.8 Å². The van der Waals surface area contributed by atoms with Crippen LogP contribution in [0.3, 0.4) is 0 Å². The first kappa shape index (κ1) is 12.1. The molecule has 0 radical (unpaired) electrons. The van der Waals surface area contributed by atoms with E-state index >= 15 is 0 Å². The molecule has 0 saturated carbocycles. The van der Waals surface area contributed by atoms with Crippen molar-refractivity contribution in [2.24, 2.45) is 0 Å². The zero-order chi connectivity index (χ0) is 11.1. The number of hydrogen-bond acceptors (Lipinski definition) is 1. The number of hydrogen-bond donors (Lipinski definition) is 1. The van der Waals surface area contributed by atoms with E-state index in [1.807, 2.05) is 26.1 Å². The van der Waals surface area contributed by atoms with E-state index in [1.165, 1.54) is 5.56 Å². The summed E-state index contributed by atoms with van der Waals surface area (Å²) in [6.07, 6.45) is 1.95. The molecular weight excluding hydrogens is 206 g/mol. The van der Waals surface area contributed by atoms with Crippen LogP contribution in [-0.2, 0) is 0 Å². The molecule has 1 atom stereocenters. The lowest BCUT2D eigenvalue weighted by Gasteiger charge is -2.15. The molecule has 1 aromatic carbocycles. The Morgan fingerprint density at radius 2 is 2.00 bits per heavy atom. The smallest absolute Gasteiger partial charge is 0.0406 e. The van der Waals surface area contributed by atoms with E-state index in [2.05, 4.69) is 29.3 Å². The third kappa shape index (κ3) is 3.95. The minimum Gasteiger partial charge on any atom is -0.313 e. The van der Waals surface area contributed by atoms with Crippen molar-refractivity contribution < 1.29 is 0 Å². The Hall–Kier alpha value is -0.970. The molecule has 0 heterocycles. The second-order valence-corrected chi connectivity index (χ2v) is 3.79. The van der Waals surface area contributed by atoms with E-state index in [0.29, 0.717) is 6.04 Å². The highest BCUT2D eigenvalue weighted by molar-refractivity contribution is 6.30. The molecule has 1 nitrogen and oxygen atoms in total. The fourth-order valence-electron chi connectivity index (χ4n) is 1.51. The van der Waals surface area contributed by atoms with E-state index in [4.69, 9.17) is 11.6 Å². The Labute approximate surface area is 96.8 Å². The molecule has 1 N–H and O–H groups in total. The van der Waals surface area contributed by atoms with Crippen molar-refractivity contribution in [1.29, 1.82) is 0 Å². The quantitative estimate of drug-likeness (QED) is 0.769. The maximum absolute atomic E-state index is 5.84. The summed E-state index contributed by atoms with van der Waals surface area (Å²) in [5.74, 6) is 5.99. The molecule has 0 amide bonds. The fourth-order valence-corrected chi connectivity index (χ4v) is 1.64. The minimum atomic E-state index is 0.364. The van der Waals surface area contributed by atoms with Crippen molar-refractivity contribution in [3.05, 3.63) is 34.9 Å². The first-order valence-electron chi connectivity index (χ1n) is 5.10. The van der Waals surface area contributed by atoms with Gasteiger partial charge >= 0.3 is 0 Å². The molecule has 1 aromatic rings. The molecule has 1 unspecified atom stereocenters. The highest BCUT2D eigenvalue weighted by Crippen LogP contribution is 2.19. The molecule has 2 heteroatoms. The fraction of sp³-hybridized carbons (Fsp3) is 0.385. The lowest BCUT2D eigenvalue weighted by atomic mass is 10.0. The normalized spacial score (nSPS) is 11.7. The molecule has 1 rings (SSSR count). The average molecular weight is 222 g/mol. The van der Waals surface area contributed by atoms with Gasteiger partial charge in [-0.1, -0.05) is 23.7 Å². The van der Waals surface area contributed by atoms with Crippen LogP contribution in [0.5, 0.6) is 0 Å². The molecule has 0 bridgehead atoms. The summed E-state index contributed by atoms with van der Waals surface area (Å²) in [6.45, 7) is 1.87. The lowest BCUT2D eigenvalue weighted by Crippen LogP contribution is -2.15. The van der Waals surface area contributed by atoms with Gasteiger partial charge in [0.1, 0.15) is 0 Å². The first-order valence-corrected chi connectivity index (χ1v) is 5.48. The van der Waals surface area contributed by atoms with Crippen molar-refractivity contribution in [1.82, 2.24) is 5.32 Å². The maximum atomic E-state index is 5.84. The largest absolute Gasteiger partial charge is 0.313 e. The van der Waals surface area contributed by atoms with Crippen LogP contribution >= 0.6 is 11.6 Å². The van der Waals surface area contributed by atoms with Crippen molar-refractivity contribution in [2.45, 2.75) is 25.8 Å². The number of rotatable bonds is 4. The molecule has 0 fully saturated rings. The Bertz CT molecular complexity index is 345. The summed E-state index contributed by atoms with van der Waals surface area (Å²) in [6, 6.07) is 8.33. The van der Waals surface area contributed by atoms with E-state index in [-0.39, 0.29) is 0 Å². The number of benzene rings is 1. The van der Waals surface area contributed by atoms with Gasteiger partial charge in [0.15, 0.2) is 0 Å². The number of nitrogens with one attached hydrogen (secondary N) is 1.